The molecular weight excluding hydrogens is 258 g/mol. The summed E-state index contributed by atoms with van der Waals surface area (Å²) in [6.07, 6.45) is 2.17. The fourth-order valence-electron chi connectivity index (χ4n) is 1.57. The highest BCUT2D eigenvalue weighted by molar-refractivity contribution is 5.89. The average Bonchev–Trinajstić information content (AvgIpc) is 2.53. The third-order valence-corrected chi connectivity index (χ3v) is 2.66. The summed E-state index contributed by atoms with van der Waals surface area (Å²) >= 11 is 0. The molecular formula is C15H13NO4. The van der Waals surface area contributed by atoms with Gasteiger partial charge < -0.3 is 9.47 Å². The lowest BCUT2D eigenvalue weighted by molar-refractivity contribution is 0.0600. The molecule has 0 aliphatic carbocycles. The van der Waals surface area contributed by atoms with E-state index in [1.165, 1.54) is 13.3 Å². The van der Waals surface area contributed by atoms with E-state index in [1.807, 2.05) is 0 Å². The minimum Gasteiger partial charge on any atom is -0.487 e. The Morgan fingerprint density at radius 3 is 2.50 bits per heavy atom. The van der Waals surface area contributed by atoms with Gasteiger partial charge in [-0.15, -0.1) is 0 Å². The van der Waals surface area contributed by atoms with Gasteiger partial charge in [-0.25, -0.2) is 9.78 Å². The highest BCUT2D eigenvalue weighted by Crippen LogP contribution is 2.12. The molecule has 0 bridgehead atoms. The number of aldehydes is 1. The number of aromatic nitrogens is 1. The number of nitrogens with zero attached hydrogens (tertiary/aromatic N) is 1. The van der Waals surface area contributed by atoms with E-state index in [4.69, 9.17) is 4.74 Å². The van der Waals surface area contributed by atoms with E-state index < -0.39 is 0 Å². The quantitative estimate of drug-likeness (QED) is 0.616. The van der Waals surface area contributed by atoms with E-state index in [2.05, 4.69) is 9.72 Å². The van der Waals surface area contributed by atoms with Crippen LogP contribution in [0.25, 0.3) is 0 Å². The monoisotopic (exact) mass is 271 g/mol. The first-order chi connectivity index (χ1) is 9.72. The number of carbonyl (C=O) groups excluding carboxylic acids is 2. The van der Waals surface area contributed by atoms with Crippen LogP contribution in [0.4, 0.5) is 0 Å². The number of hydrogen-bond acceptors (Lipinski definition) is 5. The summed E-state index contributed by atoms with van der Waals surface area (Å²) in [5, 5.41) is 0. The van der Waals surface area contributed by atoms with Crippen LogP contribution in [0.3, 0.4) is 0 Å². The van der Waals surface area contributed by atoms with Crippen molar-refractivity contribution in [3.05, 3.63) is 59.4 Å². The third-order valence-electron chi connectivity index (χ3n) is 2.66. The van der Waals surface area contributed by atoms with Crippen LogP contribution in [-0.4, -0.2) is 24.3 Å². The summed E-state index contributed by atoms with van der Waals surface area (Å²) in [6, 6.07) is 10.2. The van der Waals surface area contributed by atoms with E-state index in [0.29, 0.717) is 29.9 Å². The molecule has 0 saturated heterocycles. The first-order valence-corrected chi connectivity index (χ1v) is 5.94. The van der Waals surface area contributed by atoms with Gasteiger partial charge in [0.2, 0.25) is 0 Å². The van der Waals surface area contributed by atoms with Gasteiger partial charge in [-0.05, 0) is 29.8 Å². The third kappa shape index (κ3) is 3.41. The summed E-state index contributed by atoms with van der Waals surface area (Å²) in [6.45, 7) is 0.351. The molecule has 1 aromatic carbocycles. The maximum absolute atomic E-state index is 11.3. The Kier molecular flexibility index (Phi) is 4.44. The molecule has 20 heavy (non-hydrogen) atoms. The minimum absolute atomic E-state index is 0.351. The molecule has 0 unspecified atom stereocenters. The van der Waals surface area contributed by atoms with Crippen LogP contribution >= 0.6 is 0 Å². The summed E-state index contributed by atoms with van der Waals surface area (Å²) < 4.78 is 10.1. The van der Waals surface area contributed by atoms with Crippen molar-refractivity contribution in [2.45, 2.75) is 6.61 Å². The molecule has 0 aliphatic heterocycles. The lowest BCUT2D eigenvalue weighted by Crippen LogP contribution is -2.02. The lowest BCUT2D eigenvalue weighted by atomic mass is 10.1. The van der Waals surface area contributed by atoms with Crippen LogP contribution < -0.4 is 4.74 Å². The van der Waals surface area contributed by atoms with E-state index in [1.54, 1.807) is 36.4 Å². The maximum Gasteiger partial charge on any atom is 0.337 e. The molecule has 0 aliphatic rings. The topological polar surface area (TPSA) is 65.5 Å². The number of carbonyl (C=O) groups is 2. The lowest BCUT2D eigenvalue weighted by Gasteiger charge is -2.06. The Balaban J connectivity index is 1.96. The zero-order valence-electron chi connectivity index (χ0n) is 10.9. The molecule has 5 nitrogen and oxygen atoms in total. The van der Waals surface area contributed by atoms with Crippen molar-refractivity contribution < 1.29 is 19.1 Å². The zero-order valence-corrected chi connectivity index (χ0v) is 10.9. The smallest absolute Gasteiger partial charge is 0.337 e. The van der Waals surface area contributed by atoms with Gasteiger partial charge in [-0.3, -0.25) is 4.79 Å². The van der Waals surface area contributed by atoms with Crippen LogP contribution in [0.2, 0.25) is 0 Å². The fourth-order valence-corrected chi connectivity index (χ4v) is 1.57. The van der Waals surface area contributed by atoms with Gasteiger partial charge in [-0.1, -0.05) is 12.1 Å². The molecule has 0 fully saturated rings. The summed E-state index contributed by atoms with van der Waals surface area (Å²) in [5.74, 6) is 0.207. The Morgan fingerprint density at radius 2 is 1.95 bits per heavy atom. The van der Waals surface area contributed by atoms with Gasteiger partial charge in [-0.2, -0.15) is 0 Å². The fraction of sp³-hybridized carbons (Fsp3) is 0.133. The molecule has 0 atom stereocenters. The number of ether oxygens (including phenoxy) is 2. The van der Waals surface area contributed by atoms with Crippen molar-refractivity contribution in [1.82, 2.24) is 4.98 Å². The first-order valence-electron chi connectivity index (χ1n) is 5.94. The van der Waals surface area contributed by atoms with Gasteiger partial charge >= 0.3 is 5.97 Å². The number of pyridine rings is 1. The highest BCUT2D eigenvalue weighted by atomic mass is 16.5. The Bertz CT molecular complexity index is 590. The van der Waals surface area contributed by atoms with Crippen molar-refractivity contribution in [2.75, 3.05) is 7.11 Å². The van der Waals surface area contributed by atoms with Crippen molar-refractivity contribution in [3.63, 3.8) is 0 Å². The Hall–Kier alpha value is -2.69. The van der Waals surface area contributed by atoms with Crippen LogP contribution in [-0.2, 0) is 11.3 Å². The van der Waals surface area contributed by atoms with Crippen LogP contribution in [0, 0.1) is 0 Å². The highest BCUT2D eigenvalue weighted by Gasteiger charge is 2.04. The molecule has 2 aromatic rings. The van der Waals surface area contributed by atoms with Crippen LogP contribution in [0.1, 0.15) is 26.4 Å². The van der Waals surface area contributed by atoms with Gasteiger partial charge in [0.05, 0.1) is 18.9 Å². The molecule has 0 N–H and O–H groups in total. The average molecular weight is 271 g/mol. The van der Waals surface area contributed by atoms with Crippen molar-refractivity contribution in [2.24, 2.45) is 0 Å². The van der Waals surface area contributed by atoms with E-state index in [-0.39, 0.29) is 5.97 Å². The van der Waals surface area contributed by atoms with Crippen LogP contribution in [0.5, 0.6) is 5.75 Å². The molecule has 0 spiro atoms. The largest absolute Gasteiger partial charge is 0.487 e. The van der Waals surface area contributed by atoms with E-state index in [9.17, 15) is 9.59 Å². The zero-order chi connectivity index (χ0) is 14.4. The maximum atomic E-state index is 11.3. The minimum atomic E-state index is -0.369. The molecule has 2 rings (SSSR count). The predicted octanol–water partition coefficient (Wildman–Crippen LogP) is 2.26. The van der Waals surface area contributed by atoms with E-state index >= 15 is 0 Å². The molecule has 0 saturated carbocycles. The van der Waals surface area contributed by atoms with Gasteiger partial charge in [0, 0.05) is 0 Å². The molecule has 0 amide bonds. The molecule has 0 radical (unpaired) electrons. The molecule has 1 heterocycles. The van der Waals surface area contributed by atoms with Crippen molar-refractivity contribution >= 4 is 12.3 Å². The number of hydrogen-bond donors (Lipinski definition) is 0. The second-order valence-corrected chi connectivity index (χ2v) is 4.01. The number of esters is 1. The summed E-state index contributed by atoms with van der Waals surface area (Å²) in [7, 11) is 1.34. The van der Waals surface area contributed by atoms with Crippen LogP contribution in [0.15, 0.2) is 42.6 Å². The van der Waals surface area contributed by atoms with Gasteiger partial charge in [0.1, 0.15) is 18.1 Å². The SMILES string of the molecule is COC(=O)c1ccc(COc2ccc(C=O)nc2)cc1. The number of rotatable bonds is 5. The molecule has 102 valence electrons. The molecule has 5 heteroatoms. The van der Waals surface area contributed by atoms with Crippen molar-refractivity contribution in [3.8, 4) is 5.75 Å². The Labute approximate surface area is 116 Å². The van der Waals surface area contributed by atoms with Gasteiger partial charge in [0.15, 0.2) is 6.29 Å². The number of benzene rings is 1. The summed E-state index contributed by atoms with van der Waals surface area (Å²) in [4.78, 5) is 25.6. The second kappa shape index (κ2) is 6.47. The standard InChI is InChI=1S/C15H13NO4/c1-19-15(18)12-4-2-11(3-5-12)10-20-14-7-6-13(9-17)16-8-14/h2-9H,10H2,1H3. The predicted molar refractivity (Wildman–Crippen MR) is 71.7 cm³/mol. The first kappa shape index (κ1) is 13.7. The van der Waals surface area contributed by atoms with Crippen molar-refractivity contribution in [1.29, 1.82) is 0 Å². The molecule has 1 aromatic heterocycles. The number of methoxy groups -OCH3 is 1. The summed E-state index contributed by atoms with van der Waals surface area (Å²) in [5.41, 5.74) is 1.77. The van der Waals surface area contributed by atoms with E-state index in [0.717, 1.165) is 5.56 Å². The second-order valence-electron chi connectivity index (χ2n) is 4.01. The Morgan fingerprint density at radius 1 is 1.20 bits per heavy atom. The van der Waals surface area contributed by atoms with Gasteiger partial charge in [0.25, 0.3) is 0 Å². The normalized spacial score (nSPS) is 9.85.